The summed E-state index contributed by atoms with van der Waals surface area (Å²) < 4.78 is 6.61. The van der Waals surface area contributed by atoms with Gasteiger partial charge in [-0.25, -0.2) is 4.68 Å². The maximum absolute atomic E-state index is 13.2. The van der Waals surface area contributed by atoms with Gasteiger partial charge >= 0.3 is 5.97 Å². The minimum Gasteiger partial charge on any atom is -0.469 e. The molecule has 0 spiro atoms. The van der Waals surface area contributed by atoms with Crippen molar-refractivity contribution >= 4 is 17.6 Å². The molecule has 0 N–H and O–H groups in total. The molecule has 0 fully saturated rings. The molecule has 0 unspecified atom stereocenters. The highest BCUT2D eigenvalue weighted by Crippen LogP contribution is 2.33. The van der Waals surface area contributed by atoms with Gasteiger partial charge in [0.05, 0.1) is 18.5 Å². The summed E-state index contributed by atoms with van der Waals surface area (Å²) in [6, 6.07) is 15.8. The molecule has 0 radical (unpaired) electrons. The van der Waals surface area contributed by atoms with Crippen LogP contribution in [0.1, 0.15) is 46.2 Å². The predicted octanol–water partition coefficient (Wildman–Crippen LogP) is 4.19. The van der Waals surface area contributed by atoms with Crippen LogP contribution in [0.25, 0.3) is 5.69 Å². The average molecular weight is 418 g/mol. The van der Waals surface area contributed by atoms with Crippen molar-refractivity contribution in [2.75, 3.05) is 12.0 Å². The fourth-order valence-electron chi connectivity index (χ4n) is 4.38. The maximum Gasteiger partial charge on any atom is 0.305 e. The van der Waals surface area contributed by atoms with Crippen molar-refractivity contribution in [1.82, 2.24) is 9.78 Å². The minimum absolute atomic E-state index is 0.0103. The van der Waals surface area contributed by atoms with Gasteiger partial charge in [0.15, 0.2) is 0 Å². The number of fused-ring (bicyclic) bond motifs is 1. The third-order valence-corrected chi connectivity index (χ3v) is 6.03. The Kier molecular flexibility index (Phi) is 5.63. The molecule has 1 aromatic heterocycles. The van der Waals surface area contributed by atoms with Gasteiger partial charge in [-0.3, -0.25) is 9.59 Å². The summed E-state index contributed by atoms with van der Waals surface area (Å²) in [7, 11) is 1.40. The lowest BCUT2D eigenvalue weighted by molar-refractivity contribution is -0.140. The summed E-state index contributed by atoms with van der Waals surface area (Å²) in [5.74, 6) is -0.219. The number of hydrogen-bond acceptors (Lipinski definition) is 4. The Bertz CT molecular complexity index is 1130. The van der Waals surface area contributed by atoms with Crippen LogP contribution in [0.15, 0.2) is 48.5 Å². The number of nitrogens with zero attached hydrogens (tertiary/aromatic N) is 3. The Hall–Kier alpha value is -3.41. The van der Waals surface area contributed by atoms with Gasteiger partial charge < -0.3 is 9.64 Å². The molecule has 1 amide bonds. The van der Waals surface area contributed by atoms with Gasteiger partial charge in [-0.05, 0) is 75.1 Å². The predicted molar refractivity (Wildman–Crippen MR) is 120 cm³/mol. The molecular formula is C25H27N3O3. The van der Waals surface area contributed by atoms with Crippen molar-refractivity contribution in [2.24, 2.45) is 0 Å². The number of carbonyl (C=O) groups excluding carboxylic acids is 2. The quantitative estimate of drug-likeness (QED) is 0.584. The fraction of sp³-hybridized carbons (Fsp3) is 0.320. The van der Waals surface area contributed by atoms with E-state index in [2.05, 4.69) is 18.1 Å². The molecule has 0 aliphatic carbocycles. The van der Waals surface area contributed by atoms with Crippen LogP contribution in [0.4, 0.5) is 5.69 Å². The van der Waals surface area contributed by atoms with E-state index < -0.39 is 0 Å². The van der Waals surface area contributed by atoms with Crippen molar-refractivity contribution in [2.45, 2.75) is 46.1 Å². The highest BCUT2D eigenvalue weighted by molar-refractivity contribution is 6.07. The number of amides is 1. The van der Waals surface area contributed by atoms with Crippen molar-refractivity contribution in [3.05, 3.63) is 76.6 Å². The Morgan fingerprint density at radius 2 is 1.81 bits per heavy atom. The number of rotatable bonds is 5. The molecule has 6 nitrogen and oxygen atoms in total. The molecule has 2 aromatic carbocycles. The first-order chi connectivity index (χ1) is 14.9. The Balaban J connectivity index is 1.57. The summed E-state index contributed by atoms with van der Waals surface area (Å²) >= 11 is 0. The highest BCUT2D eigenvalue weighted by atomic mass is 16.5. The van der Waals surface area contributed by atoms with Crippen LogP contribution in [-0.2, 0) is 22.4 Å². The van der Waals surface area contributed by atoms with E-state index in [1.807, 2.05) is 65.9 Å². The van der Waals surface area contributed by atoms with Crippen LogP contribution >= 0.6 is 0 Å². The van der Waals surface area contributed by atoms with Crippen LogP contribution in [-0.4, -0.2) is 34.8 Å². The van der Waals surface area contributed by atoms with Gasteiger partial charge in [-0.1, -0.05) is 18.2 Å². The van der Waals surface area contributed by atoms with Gasteiger partial charge in [0.25, 0.3) is 5.91 Å². The number of anilines is 1. The lowest BCUT2D eigenvalue weighted by atomic mass is 10.1. The topological polar surface area (TPSA) is 64.4 Å². The van der Waals surface area contributed by atoms with E-state index >= 15 is 0 Å². The molecule has 1 aliphatic heterocycles. The standard InChI is InChI=1S/C25H27N3O3/c1-16-15-20-7-5-6-8-23(20)27(16)25(30)19-9-11-21(12-10-19)28-18(3)22(17(2)26-28)13-14-24(29)31-4/h5-12,16H,13-15H2,1-4H3/t16-/m1/s1. The second-order valence-electron chi connectivity index (χ2n) is 8.04. The van der Waals surface area contributed by atoms with Gasteiger partial charge in [0.2, 0.25) is 0 Å². The zero-order chi connectivity index (χ0) is 22.1. The van der Waals surface area contributed by atoms with E-state index in [1.54, 1.807) is 0 Å². The van der Waals surface area contributed by atoms with Crippen molar-refractivity contribution in [3.63, 3.8) is 0 Å². The van der Waals surface area contributed by atoms with Crippen molar-refractivity contribution in [3.8, 4) is 5.69 Å². The number of aryl methyl sites for hydroxylation is 1. The van der Waals surface area contributed by atoms with Crippen LogP contribution < -0.4 is 4.90 Å². The number of ether oxygens (including phenoxy) is 1. The smallest absolute Gasteiger partial charge is 0.305 e. The second-order valence-corrected chi connectivity index (χ2v) is 8.04. The van der Waals surface area contributed by atoms with E-state index in [1.165, 1.54) is 12.7 Å². The van der Waals surface area contributed by atoms with E-state index in [0.717, 1.165) is 34.7 Å². The van der Waals surface area contributed by atoms with E-state index in [9.17, 15) is 9.59 Å². The lowest BCUT2D eigenvalue weighted by Gasteiger charge is -2.23. The summed E-state index contributed by atoms with van der Waals surface area (Å²) in [4.78, 5) is 26.6. The van der Waals surface area contributed by atoms with Crippen molar-refractivity contribution in [1.29, 1.82) is 0 Å². The number of carbonyl (C=O) groups is 2. The molecule has 6 heteroatoms. The van der Waals surface area contributed by atoms with E-state index in [4.69, 9.17) is 4.74 Å². The summed E-state index contributed by atoms with van der Waals surface area (Å²) in [6.07, 6.45) is 1.79. The molecule has 4 rings (SSSR count). The van der Waals surface area contributed by atoms with Crippen LogP contribution in [0, 0.1) is 13.8 Å². The molecule has 1 atom stereocenters. The number of benzene rings is 2. The van der Waals surface area contributed by atoms with Gasteiger partial charge in [-0.15, -0.1) is 0 Å². The Morgan fingerprint density at radius 1 is 1.10 bits per heavy atom. The number of para-hydroxylation sites is 1. The summed E-state index contributed by atoms with van der Waals surface area (Å²) in [5.41, 5.74) is 6.68. The first-order valence-electron chi connectivity index (χ1n) is 10.5. The molecule has 3 aromatic rings. The first-order valence-corrected chi connectivity index (χ1v) is 10.5. The Labute approximate surface area is 182 Å². The first kappa shape index (κ1) is 20.8. The van der Waals surface area contributed by atoms with Gasteiger partial charge in [0, 0.05) is 29.4 Å². The second kappa shape index (κ2) is 8.38. The average Bonchev–Trinajstić information content (AvgIpc) is 3.26. The zero-order valence-electron chi connectivity index (χ0n) is 18.4. The minimum atomic E-state index is -0.230. The highest BCUT2D eigenvalue weighted by Gasteiger charge is 2.31. The summed E-state index contributed by atoms with van der Waals surface area (Å²) in [5, 5.41) is 4.65. The third-order valence-electron chi connectivity index (χ3n) is 6.03. The van der Waals surface area contributed by atoms with Crippen LogP contribution in [0.2, 0.25) is 0 Å². The lowest BCUT2D eigenvalue weighted by Crippen LogP contribution is -2.35. The number of aromatic nitrogens is 2. The normalized spacial score (nSPS) is 15.1. The fourth-order valence-corrected chi connectivity index (χ4v) is 4.38. The maximum atomic E-state index is 13.2. The molecule has 0 saturated heterocycles. The molecule has 160 valence electrons. The molecule has 1 aliphatic rings. The largest absolute Gasteiger partial charge is 0.469 e. The van der Waals surface area contributed by atoms with E-state index in [0.29, 0.717) is 18.4 Å². The number of methoxy groups -OCH3 is 1. The zero-order valence-corrected chi connectivity index (χ0v) is 18.4. The van der Waals surface area contributed by atoms with Crippen LogP contribution in [0.3, 0.4) is 0 Å². The molecule has 0 saturated carbocycles. The summed E-state index contributed by atoms with van der Waals surface area (Å²) in [6.45, 7) is 6.02. The monoisotopic (exact) mass is 417 g/mol. The SMILES string of the molecule is COC(=O)CCc1c(C)nn(-c2ccc(C(=O)N3c4ccccc4C[C@H]3C)cc2)c1C. The molecular weight excluding hydrogens is 390 g/mol. The van der Waals surface area contributed by atoms with E-state index in [-0.39, 0.29) is 17.9 Å². The number of esters is 1. The molecule has 31 heavy (non-hydrogen) atoms. The molecule has 0 bridgehead atoms. The molecule has 2 heterocycles. The van der Waals surface area contributed by atoms with Gasteiger partial charge in [-0.2, -0.15) is 5.10 Å². The van der Waals surface area contributed by atoms with Gasteiger partial charge in [0.1, 0.15) is 0 Å². The Morgan fingerprint density at radius 3 is 2.52 bits per heavy atom. The van der Waals surface area contributed by atoms with Crippen LogP contribution in [0.5, 0.6) is 0 Å². The number of hydrogen-bond donors (Lipinski definition) is 0. The third kappa shape index (κ3) is 3.85. The van der Waals surface area contributed by atoms with Crippen molar-refractivity contribution < 1.29 is 14.3 Å².